The van der Waals surface area contributed by atoms with Gasteiger partial charge in [-0.15, -0.1) is 0 Å². The number of hydrogen-bond donors (Lipinski definition) is 1. The van der Waals surface area contributed by atoms with E-state index < -0.39 is 5.92 Å². The Kier molecular flexibility index (Phi) is 6.42. The number of hydrogen-bond acceptors (Lipinski definition) is 5. The Morgan fingerprint density at radius 2 is 1.87 bits per heavy atom. The molecule has 0 radical (unpaired) electrons. The van der Waals surface area contributed by atoms with Crippen molar-refractivity contribution in [1.82, 2.24) is 15.3 Å². The highest BCUT2D eigenvalue weighted by Crippen LogP contribution is 2.30. The Hall–Kier alpha value is -3.46. The monoisotopic (exact) mass is 413 g/mol. The SMILES string of the molecule is C[C@@H]1CCCN(c2nc3ccccc3nc2[C@@H](C#N)C(=O)NCCc2ccccc2)C1. The molecule has 1 aromatic heterocycles. The molecule has 3 aromatic rings. The van der Waals surface area contributed by atoms with Crippen LogP contribution in [0.15, 0.2) is 54.6 Å². The smallest absolute Gasteiger partial charge is 0.243 e. The predicted molar refractivity (Wildman–Crippen MR) is 122 cm³/mol. The fourth-order valence-electron chi connectivity index (χ4n) is 4.13. The van der Waals surface area contributed by atoms with Gasteiger partial charge in [0, 0.05) is 19.6 Å². The lowest BCUT2D eigenvalue weighted by molar-refractivity contribution is -0.121. The fraction of sp³-hybridized carbons (Fsp3) is 0.360. The Balaban J connectivity index is 1.61. The van der Waals surface area contributed by atoms with Crippen LogP contribution < -0.4 is 10.2 Å². The predicted octanol–water partition coefficient (Wildman–Crippen LogP) is 3.83. The van der Waals surface area contributed by atoms with Gasteiger partial charge in [-0.3, -0.25) is 4.79 Å². The number of nitriles is 1. The average molecular weight is 414 g/mol. The molecule has 0 aliphatic carbocycles. The van der Waals surface area contributed by atoms with Crippen molar-refractivity contribution < 1.29 is 4.79 Å². The Labute approximate surface area is 182 Å². The largest absolute Gasteiger partial charge is 0.355 e. The van der Waals surface area contributed by atoms with Crippen LogP contribution in [-0.4, -0.2) is 35.5 Å². The van der Waals surface area contributed by atoms with Gasteiger partial charge in [0.2, 0.25) is 5.91 Å². The number of nitrogens with zero attached hydrogens (tertiary/aromatic N) is 4. The summed E-state index contributed by atoms with van der Waals surface area (Å²) in [7, 11) is 0. The number of nitrogens with one attached hydrogen (secondary N) is 1. The lowest BCUT2D eigenvalue weighted by atomic mass is 9.98. The minimum atomic E-state index is -1.000. The summed E-state index contributed by atoms with van der Waals surface area (Å²) in [4.78, 5) is 24.8. The van der Waals surface area contributed by atoms with E-state index in [1.165, 1.54) is 6.42 Å². The van der Waals surface area contributed by atoms with E-state index in [0.717, 1.165) is 30.6 Å². The molecule has 0 bridgehead atoms. The minimum Gasteiger partial charge on any atom is -0.355 e. The van der Waals surface area contributed by atoms with E-state index in [1.807, 2.05) is 54.6 Å². The molecule has 2 heterocycles. The number of piperidine rings is 1. The number of rotatable bonds is 6. The standard InChI is InChI=1S/C25H27N5O/c1-18-8-7-15-30(17-18)24-23(28-21-11-5-6-12-22(21)29-24)20(16-26)25(31)27-14-13-19-9-3-2-4-10-19/h2-6,9-12,18,20H,7-8,13-15,17H2,1H3,(H,27,31)/t18-,20-/m1/s1. The maximum Gasteiger partial charge on any atom is 0.243 e. The molecule has 1 saturated heterocycles. The van der Waals surface area contributed by atoms with Crippen LogP contribution in [0.3, 0.4) is 0 Å². The van der Waals surface area contributed by atoms with E-state index >= 15 is 0 Å². The summed E-state index contributed by atoms with van der Waals surface area (Å²) in [5, 5.41) is 12.8. The molecule has 0 spiro atoms. The number of fused-ring (bicyclic) bond motifs is 1. The quantitative estimate of drug-likeness (QED) is 0.664. The molecule has 1 N–H and O–H groups in total. The zero-order chi connectivity index (χ0) is 21.6. The third kappa shape index (κ3) is 4.83. The van der Waals surface area contributed by atoms with Crippen LogP contribution in [0.25, 0.3) is 11.0 Å². The second kappa shape index (κ2) is 9.57. The van der Waals surface area contributed by atoms with Gasteiger partial charge in [-0.25, -0.2) is 9.97 Å². The van der Waals surface area contributed by atoms with E-state index in [2.05, 4.69) is 23.2 Å². The van der Waals surface area contributed by atoms with E-state index in [1.54, 1.807) is 0 Å². The van der Waals surface area contributed by atoms with Gasteiger partial charge >= 0.3 is 0 Å². The molecular weight excluding hydrogens is 386 g/mol. The summed E-state index contributed by atoms with van der Waals surface area (Å²) in [5.74, 6) is -0.125. The molecule has 31 heavy (non-hydrogen) atoms. The van der Waals surface area contributed by atoms with Crippen LogP contribution in [-0.2, 0) is 11.2 Å². The summed E-state index contributed by atoms with van der Waals surface area (Å²) in [6.45, 7) is 4.41. The number of para-hydroxylation sites is 2. The highest BCUT2D eigenvalue weighted by Gasteiger charge is 2.30. The molecule has 4 rings (SSSR count). The third-order valence-electron chi connectivity index (χ3n) is 5.76. The summed E-state index contributed by atoms with van der Waals surface area (Å²) >= 11 is 0. The maximum atomic E-state index is 13.0. The van der Waals surface area contributed by atoms with Crippen molar-refractivity contribution in [3.63, 3.8) is 0 Å². The number of amides is 1. The van der Waals surface area contributed by atoms with Crippen molar-refractivity contribution in [1.29, 1.82) is 5.26 Å². The highest BCUT2D eigenvalue weighted by atomic mass is 16.1. The third-order valence-corrected chi connectivity index (χ3v) is 5.76. The number of benzene rings is 2. The fourth-order valence-corrected chi connectivity index (χ4v) is 4.13. The molecule has 1 aliphatic rings. The van der Waals surface area contributed by atoms with Crippen LogP contribution >= 0.6 is 0 Å². The Bertz CT molecular complexity index is 1090. The normalized spacial score (nSPS) is 17.2. The van der Waals surface area contributed by atoms with Gasteiger partial charge in [0.05, 0.1) is 17.1 Å². The molecule has 1 fully saturated rings. The zero-order valence-electron chi connectivity index (χ0n) is 17.8. The van der Waals surface area contributed by atoms with Crippen molar-refractivity contribution in [2.24, 2.45) is 5.92 Å². The maximum absolute atomic E-state index is 13.0. The number of carbonyl (C=O) groups excluding carboxylic acids is 1. The molecule has 0 saturated carbocycles. The molecule has 1 amide bonds. The van der Waals surface area contributed by atoms with Crippen molar-refractivity contribution in [2.45, 2.75) is 32.1 Å². The van der Waals surface area contributed by atoms with E-state index in [0.29, 0.717) is 35.9 Å². The number of anilines is 1. The zero-order valence-corrected chi connectivity index (χ0v) is 17.8. The first-order valence-corrected chi connectivity index (χ1v) is 10.9. The summed E-state index contributed by atoms with van der Waals surface area (Å²) in [6, 6.07) is 19.8. The van der Waals surface area contributed by atoms with Gasteiger partial charge in [-0.05, 0) is 42.9 Å². The first-order chi connectivity index (χ1) is 15.2. The molecule has 0 unspecified atom stereocenters. The number of aromatic nitrogens is 2. The van der Waals surface area contributed by atoms with Gasteiger partial charge in [0.25, 0.3) is 0 Å². The van der Waals surface area contributed by atoms with Gasteiger partial charge in [0.15, 0.2) is 11.7 Å². The lowest BCUT2D eigenvalue weighted by Gasteiger charge is -2.33. The van der Waals surface area contributed by atoms with Crippen LogP contribution in [0, 0.1) is 17.2 Å². The Morgan fingerprint density at radius 1 is 1.16 bits per heavy atom. The van der Waals surface area contributed by atoms with Crippen LogP contribution in [0.4, 0.5) is 5.82 Å². The lowest BCUT2D eigenvalue weighted by Crippen LogP contribution is -2.37. The second-order valence-corrected chi connectivity index (χ2v) is 8.20. The summed E-state index contributed by atoms with van der Waals surface area (Å²) in [5.41, 5.74) is 3.07. The van der Waals surface area contributed by atoms with Crippen LogP contribution in [0.2, 0.25) is 0 Å². The number of carbonyl (C=O) groups is 1. The molecule has 6 nitrogen and oxygen atoms in total. The highest BCUT2D eigenvalue weighted by molar-refractivity contribution is 5.88. The second-order valence-electron chi connectivity index (χ2n) is 8.20. The van der Waals surface area contributed by atoms with Gasteiger partial charge in [-0.2, -0.15) is 5.26 Å². The molecule has 1 aliphatic heterocycles. The molecule has 158 valence electrons. The van der Waals surface area contributed by atoms with Crippen molar-refractivity contribution in [3.05, 3.63) is 65.9 Å². The Morgan fingerprint density at radius 3 is 2.58 bits per heavy atom. The average Bonchev–Trinajstić information content (AvgIpc) is 2.80. The first-order valence-electron chi connectivity index (χ1n) is 10.9. The van der Waals surface area contributed by atoms with Gasteiger partial charge in [-0.1, -0.05) is 49.4 Å². The van der Waals surface area contributed by atoms with E-state index in [4.69, 9.17) is 9.97 Å². The van der Waals surface area contributed by atoms with Crippen LogP contribution in [0.1, 0.15) is 36.9 Å². The first kappa shape index (κ1) is 20.8. The molecule has 2 aromatic carbocycles. The van der Waals surface area contributed by atoms with Crippen molar-refractivity contribution in [2.75, 3.05) is 24.5 Å². The van der Waals surface area contributed by atoms with Crippen molar-refractivity contribution >= 4 is 22.8 Å². The van der Waals surface area contributed by atoms with Crippen molar-refractivity contribution in [3.8, 4) is 6.07 Å². The molecule has 6 heteroatoms. The molecular formula is C25H27N5O. The summed E-state index contributed by atoms with van der Waals surface area (Å²) < 4.78 is 0. The molecule has 2 atom stereocenters. The van der Waals surface area contributed by atoms with Gasteiger partial charge < -0.3 is 10.2 Å². The van der Waals surface area contributed by atoms with Crippen LogP contribution in [0.5, 0.6) is 0 Å². The van der Waals surface area contributed by atoms with Gasteiger partial charge in [0.1, 0.15) is 5.69 Å². The minimum absolute atomic E-state index is 0.325. The topological polar surface area (TPSA) is 81.9 Å². The van der Waals surface area contributed by atoms with E-state index in [9.17, 15) is 10.1 Å². The van der Waals surface area contributed by atoms with E-state index in [-0.39, 0.29) is 5.91 Å². The summed E-state index contributed by atoms with van der Waals surface area (Å²) in [6.07, 6.45) is 2.95.